The Morgan fingerprint density at radius 3 is 1.71 bits per heavy atom. The molecule has 0 saturated carbocycles. The molecule has 12 aromatic rings. The van der Waals surface area contributed by atoms with Crippen LogP contribution in [0.5, 0.6) is 0 Å². The zero-order valence-corrected chi connectivity index (χ0v) is 32.0. The van der Waals surface area contributed by atoms with Gasteiger partial charge >= 0.3 is 0 Å². The molecule has 0 amide bonds. The van der Waals surface area contributed by atoms with Gasteiger partial charge in [-0.2, -0.15) is 0 Å². The van der Waals surface area contributed by atoms with E-state index in [1.807, 2.05) is 18.2 Å². The molecule has 0 radical (unpaired) electrons. The minimum absolute atomic E-state index is 0.841. The summed E-state index contributed by atoms with van der Waals surface area (Å²) in [6.07, 6.45) is 0. The number of benzene rings is 10. The summed E-state index contributed by atoms with van der Waals surface area (Å²) < 4.78 is 13.1. The first-order valence-corrected chi connectivity index (χ1v) is 20.1. The van der Waals surface area contributed by atoms with Crippen molar-refractivity contribution in [2.45, 2.75) is 0 Å². The first kappa shape index (κ1) is 33.3. The Hall–Kier alpha value is -7.88. The zero-order chi connectivity index (χ0) is 38.9. The number of hydrogen-bond donors (Lipinski definition) is 0. The Morgan fingerprint density at radius 2 is 0.898 bits per heavy atom. The van der Waals surface area contributed by atoms with Gasteiger partial charge in [-0.1, -0.05) is 158 Å². The highest BCUT2D eigenvalue weighted by atomic mass is 16.3. The van der Waals surface area contributed by atoms with Gasteiger partial charge in [0.1, 0.15) is 16.7 Å². The fourth-order valence-corrected chi connectivity index (χ4v) is 9.06. The molecule has 0 fully saturated rings. The Morgan fingerprint density at radius 1 is 0.288 bits per heavy atom. The van der Waals surface area contributed by atoms with E-state index >= 15 is 0 Å². The summed E-state index contributed by atoms with van der Waals surface area (Å²) in [4.78, 5) is 2.38. The van der Waals surface area contributed by atoms with E-state index in [0.29, 0.717) is 0 Å². The number of nitrogens with zero attached hydrogens (tertiary/aromatic N) is 1. The smallest absolute Gasteiger partial charge is 0.159 e. The highest BCUT2D eigenvalue weighted by Gasteiger charge is 2.23. The van der Waals surface area contributed by atoms with Crippen LogP contribution in [-0.4, -0.2) is 0 Å². The third-order valence-corrected chi connectivity index (χ3v) is 11.9. The maximum absolute atomic E-state index is 6.78. The Balaban J connectivity index is 1.10. The van der Waals surface area contributed by atoms with Crippen molar-refractivity contribution in [3.63, 3.8) is 0 Å². The standard InChI is InChI=1S/C56H35NO2/c1-2-13-37(14-3-1)43-31-28-40(50-33-39-15-4-5-16-42(39)44-17-6-7-18-45(44)50)34-52(43)57(51-22-12-21-49-47-20-9-11-24-54(47)59-56(49)51)41-29-25-36(26-30-41)38-27-32-48-46-19-8-10-23-53(46)58-55(48)35-38/h1-35H. The van der Waals surface area contributed by atoms with Crippen LogP contribution in [0.2, 0.25) is 0 Å². The van der Waals surface area contributed by atoms with Crippen LogP contribution in [0.3, 0.4) is 0 Å². The van der Waals surface area contributed by atoms with Crippen LogP contribution in [0.4, 0.5) is 17.1 Å². The molecule has 10 aromatic carbocycles. The van der Waals surface area contributed by atoms with Gasteiger partial charge in [-0.25, -0.2) is 0 Å². The van der Waals surface area contributed by atoms with E-state index in [4.69, 9.17) is 8.83 Å². The van der Waals surface area contributed by atoms with Crippen LogP contribution in [0.25, 0.3) is 98.8 Å². The number of furan rings is 2. The molecule has 0 aliphatic heterocycles. The highest BCUT2D eigenvalue weighted by molar-refractivity contribution is 6.15. The number of rotatable bonds is 6. The molecule has 2 heterocycles. The molecular weight excluding hydrogens is 719 g/mol. The first-order valence-electron chi connectivity index (χ1n) is 20.1. The molecule has 0 atom stereocenters. The number of para-hydroxylation sites is 3. The number of anilines is 3. The molecule has 0 spiro atoms. The summed E-state index contributed by atoms with van der Waals surface area (Å²) in [7, 11) is 0. The lowest BCUT2D eigenvalue weighted by Crippen LogP contribution is -2.12. The molecule has 0 aliphatic carbocycles. The van der Waals surface area contributed by atoms with Gasteiger partial charge in [0.15, 0.2) is 5.58 Å². The van der Waals surface area contributed by atoms with Crippen LogP contribution in [0.15, 0.2) is 221 Å². The summed E-state index contributed by atoms with van der Waals surface area (Å²) >= 11 is 0. The normalized spacial score (nSPS) is 11.7. The summed E-state index contributed by atoms with van der Waals surface area (Å²) in [5.74, 6) is 0. The third-order valence-electron chi connectivity index (χ3n) is 11.9. The van der Waals surface area contributed by atoms with Crippen molar-refractivity contribution in [1.82, 2.24) is 0 Å². The summed E-state index contributed by atoms with van der Waals surface area (Å²) in [6.45, 7) is 0. The van der Waals surface area contributed by atoms with Crippen molar-refractivity contribution in [3.8, 4) is 33.4 Å². The average Bonchev–Trinajstić information content (AvgIpc) is 3.88. The fourth-order valence-electron chi connectivity index (χ4n) is 9.06. The molecule has 276 valence electrons. The molecule has 0 bridgehead atoms. The van der Waals surface area contributed by atoms with E-state index in [2.05, 4.69) is 199 Å². The third kappa shape index (κ3) is 5.44. The topological polar surface area (TPSA) is 29.5 Å². The maximum atomic E-state index is 6.78. The maximum Gasteiger partial charge on any atom is 0.159 e. The van der Waals surface area contributed by atoms with Crippen LogP contribution >= 0.6 is 0 Å². The Bertz CT molecular complexity index is 3560. The monoisotopic (exact) mass is 753 g/mol. The summed E-state index contributed by atoms with van der Waals surface area (Å²) in [5.41, 5.74) is 13.3. The van der Waals surface area contributed by atoms with Crippen molar-refractivity contribution in [2.24, 2.45) is 0 Å². The van der Waals surface area contributed by atoms with Crippen LogP contribution in [0, 0.1) is 0 Å². The van der Waals surface area contributed by atoms with Gasteiger partial charge in [0.25, 0.3) is 0 Å². The molecule has 0 N–H and O–H groups in total. The van der Waals surface area contributed by atoms with Crippen molar-refractivity contribution in [3.05, 3.63) is 212 Å². The van der Waals surface area contributed by atoms with Gasteiger partial charge in [-0.3, -0.25) is 0 Å². The van der Waals surface area contributed by atoms with E-state index in [9.17, 15) is 0 Å². The Kier molecular flexibility index (Phi) is 7.54. The lowest BCUT2D eigenvalue weighted by molar-refractivity contribution is 0.668. The molecule has 12 rings (SSSR count). The van der Waals surface area contributed by atoms with Crippen molar-refractivity contribution in [2.75, 3.05) is 4.90 Å². The number of fused-ring (bicyclic) bond motifs is 9. The highest BCUT2D eigenvalue weighted by Crippen LogP contribution is 2.48. The van der Waals surface area contributed by atoms with E-state index < -0.39 is 0 Å². The summed E-state index contributed by atoms with van der Waals surface area (Å²) in [5, 5.41) is 9.38. The second-order valence-electron chi connectivity index (χ2n) is 15.2. The lowest BCUT2D eigenvalue weighted by atomic mass is 9.91. The van der Waals surface area contributed by atoms with Crippen molar-refractivity contribution < 1.29 is 8.83 Å². The van der Waals surface area contributed by atoms with Crippen molar-refractivity contribution >= 4 is 82.5 Å². The van der Waals surface area contributed by atoms with Gasteiger partial charge in [-0.15, -0.1) is 0 Å². The first-order chi connectivity index (χ1) is 29.2. The molecule has 3 nitrogen and oxygen atoms in total. The molecule has 2 aromatic heterocycles. The van der Waals surface area contributed by atoms with Crippen LogP contribution < -0.4 is 4.90 Å². The molecular formula is C56H35NO2. The van der Waals surface area contributed by atoms with Crippen LogP contribution in [-0.2, 0) is 0 Å². The average molecular weight is 754 g/mol. The van der Waals surface area contributed by atoms with E-state index in [1.165, 1.54) is 27.1 Å². The van der Waals surface area contributed by atoms with Gasteiger partial charge < -0.3 is 13.7 Å². The van der Waals surface area contributed by atoms with E-state index in [0.717, 1.165) is 88.8 Å². The molecule has 3 heteroatoms. The number of hydrogen-bond acceptors (Lipinski definition) is 3. The molecule has 0 unspecified atom stereocenters. The van der Waals surface area contributed by atoms with Crippen LogP contribution in [0.1, 0.15) is 0 Å². The second kappa shape index (κ2) is 13.4. The van der Waals surface area contributed by atoms with Crippen molar-refractivity contribution in [1.29, 1.82) is 0 Å². The minimum atomic E-state index is 0.841. The largest absolute Gasteiger partial charge is 0.456 e. The Labute approximate surface area is 340 Å². The predicted molar refractivity (Wildman–Crippen MR) is 247 cm³/mol. The van der Waals surface area contributed by atoms with Gasteiger partial charge in [0.05, 0.1) is 11.4 Å². The fraction of sp³-hybridized carbons (Fsp3) is 0. The lowest BCUT2D eigenvalue weighted by Gasteiger charge is -2.29. The zero-order valence-electron chi connectivity index (χ0n) is 32.0. The van der Waals surface area contributed by atoms with Gasteiger partial charge in [0, 0.05) is 32.8 Å². The quantitative estimate of drug-likeness (QED) is 0.158. The van der Waals surface area contributed by atoms with Gasteiger partial charge in [-0.05, 0) is 104 Å². The van der Waals surface area contributed by atoms with E-state index in [-0.39, 0.29) is 0 Å². The summed E-state index contributed by atoms with van der Waals surface area (Å²) in [6, 6.07) is 75.8. The van der Waals surface area contributed by atoms with E-state index in [1.54, 1.807) is 0 Å². The minimum Gasteiger partial charge on any atom is -0.456 e. The molecule has 59 heavy (non-hydrogen) atoms. The molecule has 0 aliphatic rings. The second-order valence-corrected chi connectivity index (χ2v) is 15.2. The SMILES string of the molecule is c1ccc(-c2ccc(-c3cc4ccccc4c4ccccc34)cc2N(c2ccc(-c3ccc4c(c3)oc3ccccc34)cc2)c2cccc3c2oc2ccccc23)cc1. The van der Waals surface area contributed by atoms with Gasteiger partial charge in [0.2, 0.25) is 0 Å². The predicted octanol–water partition coefficient (Wildman–Crippen LogP) is 16.3. The molecule has 0 saturated heterocycles.